The number of hydrogen-bond donors (Lipinski definition) is 1. The SMILES string of the molecule is CCCCN1CCC[C@@H]1C(=O)NS(C)(=O)=O. The third-order valence-corrected chi connectivity index (χ3v) is 3.32. The Morgan fingerprint density at radius 3 is 2.75 bits per heavy atom. The summed E-state index contributed by atoms with van der Waals surface area (Å²) in [6, 6.07) is -0.263. The molecule has 0 aromatic heterocycles. The summed E-state index contributed by atoms with van der Waals surface area (Å²) < 4.78 is 24.0. The van der Waals surface area contributed by atoms with Crippen molar-refractivity contribution in [1.82, 2.24) is 9.62 Å². The number of unbranched alkanes of at least 4 members (excludes halogenated alkanes) is 1. The van der Waals surface area contributed by atoms with Gasteiger partial charge in [-0.25, -0.2) is 8.42 Å². The van der Waals surface area contributed by atoms with Crippen molar-refractivity contribution in [3.63, 3.8) is 0 Å². The van der Waals surface area contributed by atoms with Gasteiger partial charge in [-0.1, -0.05) is 13.3 Å². The van der Waals surface area contributed by atoms with Crippen LogP contribution in [-0.2, 0) is 14.8 Å². The van der Waals surface area contributed by atoms with Crippen LogP contribution in [0.1, 0.15) is 32.6 Å². The lowest BCUT2D eigenvalue weighted by molar-refractivity contribution is -0.123. The van der Waals surface area contributed by atoms with Gasteiger partial charge in [0.2, 0.25) is 10.0 Å². The third-order valence-electron chi connectivity index (χ3n) is 2.75. The van der Waals surface area contributed by atoms with E-state index in [4.69, 9.17) is 0 Å². The topological polar surface area (TPSA) is 66.5 Å². The first-order chi connectivity index (χ1) is 7.44. The van der Waals surface area contributed by atoms with E-state index in [1.165, 1.54) is 0 Å². The minimum atomic E-state index is -3.43. The zero-order valence-corrected chi connectivity index (χ0v) is 10.7. The summed E-state index contributed by atoms with van der Waals surface area (Å²) >= 11 is 0. The van der Waals surface area contributed by atoms with E-state index in [1.807, 2.05) is 0 Å². The van der Waals surface area contributed by atoms with Gasteiger partial charge in [-0.15, -0.1) is 0 Å². The molecule has 1 atom stereocenters. The van der Waals surface area contributed by atoms with Crippen molar-refractivity contribution < 1.29 is 13.2 Å². The molecule has 0 bridgehead atoms. The number of carbonyl (C=O) groups excluding carboxylic acids is 1. The molecule has 1 rings (SSSR count). The summed E-state index contributed by atoms with van der Waals surface area (Å²) in [7, 11) is -3.43. The molecule has 16 heavy (non-hydrogen) atoms. The van der Waals surface area contributed by atoms with Crippen LogP contribution in [0.15, 0.2) is 0 Å². The first-order valence-electron chi connectivity index (χ1n) is 5.69. The van der Waals surface area contributed by atoms with Crippen LogP contribution in [0.25, 0.3) is 0 Å². The van der Waals surface area contributed by atoms with Crippen LogP contribution in [0.4, 0.5) is 0 Å². The van der Waals surface area contributed by atoms with Crippen molar-refractivity contribution in [2.75, 3.05) is 19.3 Å². The van der Waals surface area contributed by atoms with Gasteiger partial charge in [0.1, 0.15) is 0 Å². The number of amides is 1. The Labute approximate surface area is 97.2 Å². The highest BCUT2D eigenvalue weighted by Crippen LogP contribution is 2.17. The molecule has 6 heteroatoms. The van der Waals surface area contributed by atoms with Gasteiger partial charge in [-0.05, 0) is 32.4 Å². The van der Waals surface area contributed by atoms with Gasteiger partial charge < -0.3 is 0 Å². The van der Waals surface area contributed by atoms with Gasteiger partial charge >= 0.3 is 0 Å². The summed E-state index contributed by atoms with van der Waals surface area (Å²) in [5.74, 6) is -0.379. The van der Waals surface area contributed by atoms with Gasteiger partial charge in [0.05, 0.1) is 12.3 Å². The Kier molecular flexibility index (Phi) is 4.73. The van der Waals surface area contributed by atoms with E-state index in [2.05, 4.69) is 16.5 Å². The zero-order valence-electron chi connectivity index (χ0n) is 9.90. The van der Waals surface area contributed by atoms with Crippen molar-refractivity contribution in [1.29, 1.82) is 0 Å². The second-order valence-electron chi connectivity index (χ2n) is 4.29. The van der Waals surface area contributed by atoms with E-state index in [0.717, 1.165) is 45.0 Å². The maximum atomic E-state index is 11.7. The van der Waals surface area contributed by atoms with Crippen LogP contribution < -0.4 is 4.72 Å². The van der Waals surface area contributed by atoms with Crippen LogP contribution in [0, 0.1) is 0 Å². The van der Waals surface area contributed by atoms with Crippen LogP contribution >= 0.6 is 0 Å². The number of likely N-dealkylation sites (tertiary alicyclic amines) is 1. The summed E-state index contributed by atoms with van der Waals surface area (Å²) in [5.41, 5.74) is 0. The van der Waals surface area contributed by atoms with Gasteiger partial charge in [-0.3, -0.25) is 14.4 Å². The number of hydrogen-bond acceptors (Lipinski definition) is 4. The molecule has 5 nitrogen and oxygen atoms in total. The molecule has 1 amide bonds. The normalized spacial score (nSPS) is 22.2. The predicted molar refractivity (Wildman–Crippen MR) is 62.5 cm³/mol. The molecule has 0 aliphatic carbocycles. The molecule has 1 N–H and O–H groups in total. The summed E-state index contributed by atoms with van der Waals surface area (Å²) in [5, 5.41) is 0. The molecule has 0 unspecified atom stereocenters. The standard InChI is InChI=1S/C10H20N2O3S/c1-3-4-7-12-8-5-6-9(12)10(13)11-16(2,14)15/h9H,3-8H2,1-2H3,(H,11,13)/t9-/m1/s1. The Hall–Kier alpha value is -0.620. The minimum Gasteiger partial charge on any atom is -0.292 e. The van der Waals surface area contributed by atoms with E-state index < -0.39 is 10.0 Å². The highest BCUT2D eigenvalue weighted by atomic mass is 32.2. The van der Waals surface area contributed by atoms with E-state index in [9.17, 15) is 13.2 Å². The maximum absolute atomic E-state index is 11.7. The Morgan fingerprint density at radius 2 is 2.19 bits per heavy atom. The summed E-state index contributed by atoms with van der Waals surface area (Å²) in [4.78, 5) is 13.8. The van der Waals surface area contributed by atoms with Gasteiger partial charge in [0, 0.05) is 0 Å². The van der Waals surface area contributed by atoms with Crippen molar-refractivity contribution in [3.8, 4) is 0 Å². The molecular formula is C10H20N2O3S. The molecule has 94 valence electrons. The van der Waals surface area contributed by atoms with Gasteiger partial charge in [-0.2, -0.15) is 0 Å². The molecule has 1 aliphatic heterocycles. The number of sulfonamides is 1. The van der Waals surface area contributed by atoms with E-state index in [0.29, 0.717) is 0 Å². The Morgan fingerprint density at radius 1 is 1.50 bits per heavy atom. The second kappa shape index (κ2) is 5.63. The largest absolute Gasteiger partial charge is 0.292 e. The van der Waals surface area contributed by atoms with Crippen LogP contribution in [0.5, 0.6) is 0 Å². The fraction of sp³-hybridized carbons (Fsp3) is 0.900. The zero-order chi connectivity index (χ0) is 12.2. The lowest BCUT2D eigenvalue weighted by Crippen LogP contribution is -2.45. The molecule has 1 saturated heterocycles. The smallest absolute Gasteiger partial charge is 0.250 e. The number of carbonyl (C=O) groups is 1. The summed E-state index contributed by atoms with van der Waals surface area (Å²) in [6.45, 7) is 3.86. The predicted octanol–water partition coefficient (Wildman–Crippen LogP) is 0.327. The number of rotatable bonds is 5. The molecule has 1 fully saturated rings. The molecule has 1 aliphatic rings. The molecule has 0 spiro atoms. The third kappa shape index (κ3) is 4.09. The highest BCUT2D eigenvalue weighted by Gasteiger charge is 2.31. The molecule has 1 heterocycles. The monoisotopic (exact) mass is 248 g/mol. The molecule has 0 saturated carbocycles. The Bertz CT molecular complexity index is 340. The maximum Gasteiger partial charge on any atom is 0.250 e. The van der Waals surface area contributed by atoms with E-state index in [1.54, 1.807) is 0 Å². The lowest BCUT2D eigenvalue weighted by atomic mass is 10.2. The highest BCUT2D eigenvalue weighted by molar-refractivity contribution is 7.89. The minimum absolute atomic E-state index is 0.263. The lowest BCUT2D eigenvalue weighted by Gasteiger charge is -2.22. The first kappa shape index (κ1) is 13.4. The molecule has 0 aromatic rings. The van der Waals surface area contributed by atoms with Gasteiger partial charge in [0.25, 0.3) is 5.91 Å². The molecular weight excluding hydrogens is 228 g/mol. The number of nitrogens with one attached hydrogen (secondary N) is 1. The van der Waals surface area contributed by atoms with Crippen molar-refractivity contribution >= 4 is 15.9 Å². The van der Waals surface area contributed by atoms with Crippen LogP contribution in [-0.4, -0.2) is 44.6 Å². The first-order valence-corrected chi connectivity index (χ1v) is 7.59. The fourth-order valence-corrected chi connectivity index (χ4v) is 2.50. The van der Waals surface area contributed by atoms with Crippen LogP contribution in [0.3, 0.4) is 0 Å². The van der Waals surface area contributed by atoms with E-state index in [-0.39, 0.29) is 11.9 Å². The van der Waals surface area contributed by atoms with E-state index >= 15 is 0 Å². The van der Waals surface area contributed by atoms with Crippen molar-refractivity contribution in [2.45, 2.75) is 38.6 Å². The average molecular weight is 248 g/mol. The molecule has 0 radical (unpaired) electrons. The second-order valence-corrected chi connectivity index (χ2v) is 6.03. The molecule has 0 aromatic carbocycles. The fourth-order valence-electron chi connectivity index (χ4n) is 2.00. The summed E-state index contributed by atoms with van der Waals surface area (Å²) in [6.07, 6.45) is 4.85. The van der Waals surface area contributed by atoms with Crippen molar-refractivity contribution in [3.05, 3.63) is 0 Å². The average Bonchev–Trinajstić information content (AvgIpc) is 2.59. The van der Waals surface area contributed by atoms with Crippen LogP contribution in [0.2, 0.25) is 0 Å². The van der Waals surface area contributed by atoms with Gasteiger partial charge in [0.15, 0.2) is 0 Å². The Balaban J connectivity index is 2.54. The van der Waals surface area contributed by atoms with Crippen molar-refractivity contribution in [2.24, 2.45) is 0 Å². The number of nitrogens with zero attached hydrogens (tertiary/aromatic N) is 1. The quantitative estimate of drug-likeness (QED) is 0.761.